The van der Waals surface area contributed by atoms with E-state index in [0.717, 1.165) is 7.11 Å². The van der Waals surface area contributed by atoms with E-state index in [1.807, 2.05) is 0 Å². The minimum absolute atomic E-state index is 0.211. The summed E-state index contributed by atoms with van der Waals surface area (Å²) in [5.41, 5.74) is -1.93. The fourth-order valence-corrected chi connectivity index (χ4v) is 1.94. The maximum absolute atomic E-state index is 13.6. The second-order valence-corrected chi connectivity index (χ2v) is 4.18. The molecule has 1 aromatic heterocycles. The molecule has 0 unspecified atom stereocenters. The lowest BCUT2D eigenvalue weighted by Crippen LogP contribution is -2.22. The Hall–Kier alpha value is -1.44. The SMILES string of the molecule is COC(=O)/C(=C(/F)Sc1cccn1C)C(F)(F)F. The Balaban J connectivity index is 3.13. The van der Waals surface area contributed by atoms with E-state index in [0.29, 0.717) is 0 Å². The molecule has 0 aliphatic heterocycles. The van der Waals surface area contributed by atoms with Gasteiger partial charge in [0.05, 0.1) is 12.1 Å². The van der Waals surface area contributed by atoms with Gasteiger partial charge in [0, 0.05) is 13.2 Å². The number of hydrogen-bond donors (Lipinski definition) is 0. The highest BCUT2D eigenvalue weighted by Crippen LogP contribution is 2.37. The monoisotopic (exact) mass is 283 g/mol. The number of carbonyl (C=O) groups is 1. The lowest BCUT2D eigenvalue weighted by Gasteiger charge is -2.10. The van der Waals surface area contributed by atoms with Crippen LogP contribution in [-0.4, -0.2) is 23.8 Å². The summed E-state index contributed by atoms with van der Waals surface area (Å²) >= 11 is 0.211. The molecular formula is C10H9F4NO2S. The van der Waals surface area contributed by atoms with E-state index in [1.165, 1.54) is 10.6 Å². The summed E-state index contributed by atoms with van der Waals surface area (Å²) in [6, 6.07) is 2.97. The fraction of sp³-hybridized carbons (Fsp3) is 0.300. The van der Waals surface area contributed by atoms with Crippen LogP contribution < -0.4 is 0 Å². The van der Waals surface area contributed by atoms with E-state index in [2.05, 4.69) is 4.74 Å². The number of nitrogens with zero attached hydrogens (tertiary/aromatic N) is 1. The number of hydrogen-bond acceptors (Lipinski definition) is 3. The summed E-state index contributed by atoms with van der Waals surface area (Å²) in [5.74, 6) is -1.75. The molecule has 100 valence electrons. The molecule has 0 saturated carbocycles. The number of ether oxygens (including phenoxy) is 1. The van der Waals surface area contributed by atoms with Crippen LogP contribution in [0.1, 0.15) is 0 Å². The van der Waals surface area contributed by atoms with E-state index < -0.39 is 22.9 Å². The minimum Gasteiger partial charge on any atom is -0.465 e. The molecule has 0 atom stereocenters. The molecule has 3 nitrogen and oxygen atoms in total. The van der Waals surface area contributed by atoms with Crippen molar-refractivity contribution in [2.24, 2.45) is 7.05 Å². The highest BCUT2D eigenvalue weighted by molar-refractivity contribution is 8.02. The number of aryl methyl sites for hydroxylation is 1. The van der Waals surface area contributed by atoms with Crippen LogP contribution >= 0.6 is 11.8 Å². The number of halogens is 4. The maximum atomic E-state index is 13.6. The van der Waals surface area contributed by atoms with E-state index in [9.17, 15) is 22.4 Å². The number of thioether (sulfide) groups is 1. The maximum Gasteiger partial charge on any atom is 0.426 e. The van der Waals surface area contributed by atoms with Crippen molar-refractivity contribution in [3.05, 3.63) is 29.1 Å². The lowest BCUT2D eigenvalue weighted by molar-refractivity contribution is -0.148. The molecular weight excluding hydrogens is 274 g/mol. The van der Waals surface area contributed by atoms with Crippen LogP contribution in [0.4, 0.5) is 17.6 Å². The Bertz CT molecular complexity index is 478. The van der Waals surface area contributed by atoms with E-state index in [-0.39, 0.29) is 16.8 Å². The molecule has 0 aromatic carbocycles. The van der Waals surface area contributed by atoms with Crippen LogP contribution in [0.3, 0.4) is 0 Å². The molecule has 1 aromatic rings. The second-order valence-electron chi connectivity index (χ2n) is 3.20. The van der Waals surface area contributed by atoms with Gasteiger partial charge in [0.2, 0.25) is 0 Å². The molecule has 0 radical (unpaired) electrons. The second kappa shape index (κ2) is 5.47. The van der Waals surface area contributed by atoms with E-state index in [1.54, 1.807) is 19.3 Å². The highest BCUT2D eigenvalue weighted by Gasteiger charge is 2.43. The number of aromatic nitrogens is 1. The van der Waals surface area contributed by atoms with Crippen LogP contribution in [0.5, 0.6) is 0 Å². The molecule has 1 rings (SSSR count). The normalized spacial score (nSPS) is 13.2. The van der Waals surface area contributed by atoms with Gasteiger partial charge in [-0.1, -0.05) is 0 Å². The predicted octanol–water partition coefficient (Wildman–Crippen LogP) is 3.03. The Morgan fingerprint density at radius 3 is 2.44 bits per heavy atom. The van der Waals surface area contributed by atoms with Crippen LogP contribution in [0.2, 0.25) is 0 Å². The van der Waals surface area contributed by atoms with E-state index >= 15 is 0 Å². The Labute approximate surface area is 104 Å². The quantitative estimate of drug-likeness (QED) is 0.370. The van der Waals surface area contributed by atoms with Crippen LogP contribution in [0.15, 0.2) is 34.1 Å². The Morgan fingerprint density at radius 2 is 2.06 bits per heavy atom. The average Bonchev–Trinajstić information content (AvgIpc) is 2.62. The van der Waals surface area contributed by atoms with Crippen molar-refractivity contribution in [2.75, 3.05) is 7.11 Å². The summed E-state index contributed by atoms with van der Waals surface area (Å²) in [6.45, 7) is 0. The smallest absolute Gasteiger partial charge is 0.426 e. The Morgan fingerprint density at radius 1 is 1.44 bits per heavy atom. The topological polar surface area (TPSA) is 31.2 Å². The molecule has 0 bridgehead atoms. The van der Waals surface area contributed by atoms with Crippen molar-refractivity contribution in [3.63, 3.8) is 0 Å². The third kappa shape index (κ3) is 3.28. The molecule has 18 heavy (non-hydrogen) atoms. The van der Waals surface area contributed by atoms with Crippen molar-refractivity contribution in [1.82, 2.24) is 4.57 Å². The molecule has 0 saturated heterocycles. The number of carbonyl (C=O) groups excluding carboxylic acids is 1. The van der Waals surface area contributed by atoms with Gasteiger partial charge in [-0.2, -0.15) is 17.6 Å². The zero-order valence-electron chi connectivity index (χ0n) is 9.42. The van der Waals surface area contributed by atoms with Gasteiger partial charge < -0.3 is 9.30 Å². The molecule has 1 heterocycles. The number of alkyl halides is 3. The third-order valence-corrected chi connectivity index (χ3v) is 2.98. The zero-order chi connectivity index (χ0) is 13.9. The largest absolute Gasteiger partial charge is 0.465 e. The first-order valence-electron chi connectivity index (χ1n) is 4.62. The molecule has 0 fully saturated rings. The van der Waals surface area contributed by atoms with Gasteiger partial charge in [0.15, 0.2) is 10.7 Å². The minimum atomic E-state index is -5.10. The van der Waals surface area contributed by atoms with Gasteiger partial charge in [0.1, 0.15) is 0 Å². The first kappa shape index (κ1) is 14.6. The van der Waals surface area contributed by atoms with Gasteiger partial charge >= 0.3 is 12.1 Å². The van der Waals surface area contributed by atoms with Crippen molar-refractivity contribution < 1.29 is 27.1 Å². The van der Waals surface area contributed by atoms with Crippen LogP contribution in [0.25, 0.3) is 0 Å². The van der Waals surface area contributed by atoms with Gasteiger partial charge in [-0.15, -0.1) is 0 Å². The average molecular weight is 283 g/mol. The van der Waals surface area contributed by atoms with Gasteiger partial charge in [-0.25, -0.2) is 4.79 Å². The van der Waals surface area contributed by atoms with Crippen molar-refractivity contribution in [2.45, 2.75) is 11.2 Å². The number of rotatable bonds is 3. The molecule has 0 aliphatic carbocycles. The van der Waals surface area contributed by atoms with Gasteiger partial charge in [-0.05, 0) is 23.9 Å². The first-order chi connectivity index (χ1) is 8.27. The third-order valence-electron chi connectivity index (χ3n) is 1.96. The first-order valence-corrected chi connectivity index (χ1v) is 5.43. The number of esters is 1. The van der Waals surface area contributed by atoms with Crippen LogP contribution in [-0.2, 0) is 16.6 Å². The summed E-state index contributed by atoms with van der Waals surface area (Å²) < 4.78 is 56.5. The number of methoxy groups -OCH3 is 1. The summed E-state index contributed by atoms with van der Waals surface area (Å²) in [5, 5.41) is -1.41. The van der Waals surface area contributed by atoms with Crippen molar-refractivity contribution in [1.29, 1.82) is 0 Å². The standard InChI is InChI=1S/C10H9F4NO2S/c1-15-5-3-4-6(15)18-8(11)7(9(16)17-2)10(12,13)14/h3-5H,1-2H3/b8-7+. The molecule has 0 spiro atoms. The highest BCUT2D eigenvalue weighted by atomic mass is 32.2. The van der Waals surface area contributed by atoms with Gasteiger partial charge in [-0.3, -0.25) is 0 Å². The van der Waals surface area contributed by atoms with Crippen molar-refractivity contribution in [3.8, 4) is 0 Å². The zero-order valence-corrected chi connectivity index (χ0v) is 10.2. The van der Waals surface area contributed by atoms with E-state index in [4.69, 9.17) is 0 Å². The summed E-state index contributed by atoms with van der Waals surface area (Å²) in [7, 11) is 2.30. The molecule has 0 aliphatic rings. The van der Waals surface area contributed by atoms with Crippen LogP contribution in [0, 0.1) is 0 Å². The van der Waals surface area contributed by atoms with Gasteiger partial charge in [0.25, 0.3) is 0 Å². The lowest BCUT2D eigenvalue weighted by atomic mass is 10.3. The summed E-state index contributed by atoms with van der Waals surface area (Å²) in [4.78, 5) is 11.0. The molecule has 0 N–H and O–H groups in total. The Kier molecular flexibility index (Phi) is 4.44. The molecule has 8 heteroatoms. The molecule has 0 amide bonds. The summed E-state index contributed by atoms with van der Waals surface area (Å²) in [6.07, 6.45) is -3.56. The predicted molar refractivity (Wildman–Crippen MR) is 57.5 cm³/mol. The fourth-order valence-electron chi connectivity index (χ4n) is 1.10. The van der Waals surface area contributed by atoms with Crippen molar-refractivity contribution >= 4 is 17.7 Å².